The molecule has 1 amide bonds. The molecule has 0 radical (unpaired) electrons. The van der Waals surface area contributed by atoms with Gasteiger partial charge in [-0.05, 0) is 31.5 Å². The largest absolute Gasteiger partial charge is 0.480 e. The van der Waals surface area contributed by atoms with Crippen LogP contribution in [-0.4, -0.2) is 33.7 Å². The minimum atomic E-state index is -0.136. The summed E-state index contributed by atoms with van der Waals surface area (Å²) in [6.45, 7) is 4.12. The molecule has 0 atom stereocenters. The molecule has 0 aliphatic rings. The molecular weight excluding hydrogens is 344 g/mol. The number of aromatic nitrogens is 3. The number of hydrogen-bond acceptors (Lipinski definition) is 7. The van der Waals surface area contributed by atoms with Crippen LogP contribution < -0.4 is 10.1 Å². The zero-order chi connectivity index (χ0) is 17.1. The maximum atomic E-state index is 12.2. The second-order valence-electron chi connectivity index (χ2n) is 5.04. The van der Waals surface area contributed by atoms with E-state index >= 15 is 0 Å². The fourth-order valence-electron chi connectivity index (χ4n) is 2.23. The Morgan fingerprint density at radius 3 is 2.96 bits per heavy atom. The SMILES string of the molecule is COc1ncccc1NC(=O)CSc1ncnc2sc(C)c(C)c12. The number of hydrogen-bond donors (Lipinski definition) is 1. The zero-order valence-electron chi connectivity index (χ0n) is 13.5. The normalized spacial score (nSPS) is 10.8. The summed E-state index contributed by atoms with van der Waals surface area (Å²) in [5, 5.41) is 4.68. The summed E-state index contributed by atoms with van der Waals surface area (Å²) in [6.07, 6.45) is 3.16. The Kier molecular flexibility index (Phi) is 4.96. The molecule has 0 aromatic carbocycles. The van der Waals surface area contributed by atoms with Gasteiger partial charge in [-0.3, -0.25) is 4.79 Å². The number of fused-ring (bicyclic) bond motifs is 1. The van der Waals surface area contributed by atoms with Gasteiger partial charge in [-0.25, -0.2) is 15.0 Å². The van der Waals surface area contributed by atoms with Crippen LogP contribution in [0.5, 0.6) is 5.88 Å². The average molecular weight is 360 g/mol. The van der Waals surface area contributed by atoms with Gasteiger partial charge in [0.25, 0.3) is 0 Å². The number of anilines is 1. The van der Waals surface area contributed by atoms with Crippen molar-refractivity contribution in [3.63, 3.8) is 0 Å². The van der Waals surface area contributed by atoms with Gasteiger partial charge in [0, 0.05) is 16.5 Å². The molecule has 0 aliphatic carbocycles. The van der Waals surface area contributed by atoms with Gasteiger partial charge in [0.05, 0.1) is 12.9 Å². The molecule has 3 rings (SSSR count). The zero-order valence-corrected chi connectivity index (χ0v) is 15.1. The van der Waals surface area contributed by atoms with Gasteiger partial charge in [0.2, 0.25) is 11.8 Å². The van der Waals surface area contributed by atoms with Crippen molar-refractivity contribution >= 4 is 44.9 Å². The first-order valence-corrected chi connectivity index (χ1v) is 9.02. The molecule has 6 nitrogen and oxygen atoms in total. The van der Waals surface area contributed by atoms with Crippen LogP contribution in [0.2, 0.25) is 0 Å². The molecule has 0 unspecified atom stereocenters. The molecule has 3 aromatic rings. The number of nitrogens with zero attached hydrogens (tertiary/aromatic N) is 3. The smallest absolute Gasteiger partial charge is 0.237 e. The summed E-state index contributed by atoms with van der Waals surface area (Å²) >= 11 is 3.05. The number of methoxy groups -OCH3 is 1. The molecule has 8 heteroatoms. The predicted octanol–water partition coefficient (Wildman–Crippen LogP) is 3.44. The van der Waals surface area contributed by atoms with Crippen molar-refractivity contribution in [1.29, 1.82) is 0 Å². The van der Waals surface area contributed by atoms with Gasteiger partial charge in [0.1, 0.15) is 21.9 Å². The van der Waals surface area contributed by atoms with E-state index in [9.17, 15) is 4.79 Å². The summed E-state index contributed by atoms with van der Waals surface area (Å²) in [6, 6.07) is 3.50. The molecule has 0 fully saturated rings. The van der Waals surface area contributed by atoms with E-state index in [1.807, 2.05) is 0 Å². The molecule has 0 saturated carbocycles. The van der Waals surface area contributed by atoms with Crippen molar-refractivity contribution < 1.29 is 9.53 Å². The molecule has 3 aromatic heterocycles. The van der Waals surface area contributed by atoms with Gasteiger partial charge < -0.3 is 10.1 Å². The first-order chi connectivity index (χ1) is 11.6. The third-order valence-corrected chi connectivity index (χ3v) is 5.61. The van der Waals surface area contributed by atoms with Crippen molar-refractivity contribution in [2.75, 3.05) is 18.2 Å². The van der Waals surface area contributed by atoms with E-state index in [4.69, 9.17) is 4.74 Å². The highest BCUT2D eigenvalue weighted by atomic mass is 32.2. The number of amides is 1. The van der Waals surface area contributed by atoms with Crippen LogP contribution in [0, 0.1) is 13.8 Å². The molecule has 0 spiro atoms. The summed E-state index contributed by atoms with van der Waals surface area (Å²) in [5.74, 6) is 0.505. The molecule has 3 heterocycles. The van der Waals surface area contributed by atoms with Crippen LogP contribution in [0.4, 0.5) is 5.69 Å². The van der Waals surface area contributed by atoms with Crippen molar-refractivity contribution in [3.05, 3.63) is 35.1 Å². The number of nitrogens with one attached hydrogen (secondary N) is 1. The number of thiophene rings is 1. The average Bonchev–Trinajstić information content (AvgIpc) is 2.88. The maximum Gasteiger partial charge on any atom is 0.237 e. The number of carbonyl (C=O) groups excluding carboxylic acids is 1. The van der Waals surface area contributed by atoms with Crippen LogP contribution in [0.3, 0.4) is 0 Å². The lowest BCUT2D eigenvalue weighted by Crippen LogP contribution is -2.15. The summed E-state index contributed by atoms with van der Waals surface area (Å²) < 4.78 is 5.13. The third-order valence-electron chi connectivity index (χ3n) is 3.51. The van der Waals surface area contributed by atoms with E-state index < -0.39 is 0 Å². The third kappa shape index (κ3) is 3.34. The number of rotatable bonds is 5. The molecule has 0 aliphatic heterocycles. The first-order valence-electron chi connectivity index (χ1n) is 7.22. The van der Waals surface area contributed by atoms with Crippen LogP contribution in [0.15, 0.2) is 29.7 Å². The van der Waals surface area contributed by atoms with Crippen molar-refractivity contribution in [1.82, 2.24) is 15.0 Å². The highest BCUT2D eigenvalue weighted by molar-refractivity contribution is 8.00. The lowest BCUT2D eigenvalue weighted by atomic mass is 10.2. The Morgan fingerprint density at radius 2 is 2.17 bits per heavy atom. The topological polar surface area (TPSA) is 77.0 Å². The first kappa shape index (κ1) is 16.7. The molecule has 124 valence electrons. The van der Waals surface area contributed by atoms with Crippen molar-refractivity contribution in [3.8, 4) is 5.88 Å². The summed E-state index contributed by atoms with van der Waals surface area (Å²) in [7, 11) is 1.52. The van der Waals surface area contributed by atoms with Gasteiger partial charge in [-0.1, -0.05) is 11.8 Å². The second kappa shape index (κ2) is 7.14. The molecule has 24 heavy (non-hydrogen) atoms. The highest BCUT2D eigenvalue weighted by Gasteiger charge is 2.14. The molecular formula is C16H16N4O2S2. The fraction of sp³-hybridized carbons (Fsp3) is 0.250. The number of thioether (sulfide) groups is 1. The van der Waals surface area contributed by atoms with Crippen LogP contribution in [0.25, 0.3) is 10.2 Å². The minimum Gasteiger partial charge on any atom is -0.480 e. The van der Waals surface area contributed by atoms with Gasteiger partial charge in [-0.15, -0.1) is 11.3 Å². The number of pyridine rings is 1. The Bertz CT molecular complexity index is 895. The standard InChI is InChI=1S/C16H16N4O2S2/c1-9-10(2)24-16-13(9)15(18-8-19-16)23-7-12(21)20-11-5-4-6-17-14(11)22-3/h4-6,8H,7H2,1-3H3,(H,20,21). The predicted molar refractivity (Wildman–Crippen MR) is 97.0 cm³/mol. The Balaban J connectivity index is 1.73. The number of carbonyl (C=O) groups is 1. The van der Waals surface area contributed by atoms with Crippen LogP contribution in [-0.2, 0) is 4.79 Å². The van der Waals surface area contributed by atoms with E-state index in [0.29, 0.717) is 11.6 Å². The fourth-order valence-corrected chi connectivity index (χ4v) is 4.15. The Labute approximate surface area is 147 Å². The number of aryl methyl sites for hydroxylation is 2. The monoisotopic (exact) mass is 360 g/mol. The van der Waals surface area contributed by atoms with E-state index in [0.717, 1.165) is 15.2 Å². The van der Waals surface area contributed by atoms with Crippen molar-refractivity contribution in [2.45, 2.75) is 18.9 Å². The Hall–Kier alpha value is -2.19. The van der Waals surface area contributed by atoms with E-state index in [1.165, 1.54) is 29.3 Å². The molecule has 0 bridgehead atoms. The summed E-state index contributed by atoms with van der Waals surface area (Å²) in [5.41, 5.74) is 1.73. The van der Waals surface area contributed by atoms with Crippen molar-refractivity contribution in [2.24, 2.45) is 0 Å². The Morgan fingerprint density at radius 1 is 1.33 bits per heavy atom. The maximum absolute atomic E-state index is 12.2. The lowest BCUT2D eigenvalue weighted by molar-refractivity contribution is -0.113. The van der Waals surface area contributed by atoms with Gasteiger partial charge in [0.15, 0.2) is 0 Å². The summed E-state index contributed by atoms with van der Waals surface area (Å²) in [4.78, 5) is 27.1. The number of ether oxygens (including phenoxy) is 1. The van der Waals surface area contributed by atoms with Crippen LogP contribution >= 0.6 is 23.1 Å². The highest BCUT2D eigenvalue weighted by Crippen LogP contribution is 2.34. The van der Waals surface area contributed by atoms with E-state index in [1.54, 1.807) is 36.0 Å². The van der Waals surface area contributed by atoms with E-state index in [2.05, 4.69) is 34.1 Å². The minimum absolute atomic E-state index is 0.136. The molecule has 1 N–H and O–H groups in total. The van der Waals surface area contributed by atoms with E-state index in [-0.39, 0.29) is 11.7 Å². The lowest BCUT2D eigenvalue weighted by Gasteiger charge is -2.08. The van der Waals surface area contributed by atoms with Crippen LogP contribution in [0.1, 0.15) is 10.4 Å². The van der Waals surface area contributed by atoms with Gasteiger partial charge >= 0.3 is 0 Å². The second-order valence-corrected chi connectivity index (χ2v) is 7.21. The van der Waals surface area contributed by atoms with Gasteiger partial charge in [-0.2, -0.15) is 0 Å². The quantitative estimate of drug-likeness (QED) is 0.555. The molecule has 0 saturated heterocycles.